The Labute approximate surface area is 145 Å². The molecule has 0 unspecified atom stereocenters. The molecule has 132 valence electrons. The number of nitrogens with zero attached hydrogens (tertiary/aromatic N) is 1. The van der Waals surface area contributed by atoms with E-state index in [2.05, 4.69) is 5.10 Å². The van der Waals surface area contributed by atoms with E-state index in [1.807, 2.05) is 12.3 Å². The molecule has 0 atom stereocenters. The van der Waals surface area contributed by atoms with Gasteiger partial charge in [0.05, 0.1) is 13.3 Å². The normalized spacial score (nSPS) is 11.3. The van der Waals surface area contributed by atoms with Gasteiger partial charge in [-0.25, -0.2) is 10.2 Å². The second kappa shape index (κ2) is 7.67. The number of carbonyl (C=O) groups excluding carboxylic acids is 1. The molecule has 25 heavy (non-hydrogen) atoms. The zero-order valence-electron chi connectivity index (χ0n) is 13.6. The molecule has 0 aliphatic heterocycles. The third-order valence-corrected chi connectivity index (χ3v) is 4.33. The number of primary amides is 1. The van der Waals surface area contributed by atoms with E-state index in [0.717, 1.165) is 5.56 Å². The molecule has 2 rings (SSSR count). The van der Waals surface area contributed by atoms with Crippen molar-refractivity contribution in [3.63, 3.8) is 0 Å². The Kier molecular flexibility index (Phi) is 5.60. The van der Waals surface area contributed by atoms with Gasteiger partial charge < -0.3 is 14.7 Å². The predicted molar refractivity (Wildman–Crippen MR) is 92.3 cm³/mol. The summed E-state index contributed by atoms with van der Waals surface area (Å²) in [7, 11) is -2.64. The smallest absolute Gasteiger partial charge is 0.339 e. The Morgan fingerprint density at radius 2 is 1.84 bits per heavy atom. The topological polar surface area (TPSA) is 120 Å². The fraction of sp³-hybridized carbons (Fsp3) is 0.125. The first-order valence-corrected chi connectivity index (χ1v) is 8.50. The van der Waals surface area contributed by atoms with E-state index in [9.17, 15) is 13.2 Å². The monoisotopic (exact) mass is 363 g/mol. The maximum atomic E-state index is 12.4. The van der Waals surface area contributed by atoms with Crippen LogP contribution in [0.25, 0.3) is 0 Å². The first kappa shape index (κ1) is 18.3. The number of hydrazone groups is 1. The maximum Gasteiger partial charge on any atom is 0.339 e. The highest BCUT2D eigenvalue weighted by Gasteiger charge is 2.19. The number of nitrogens with two attached hydrogens (primary N) is 1. The number of amides is 2. The lowest BCUT2D eigenvalue weighted by atomic mass is 10.2. The summed E-state index contributed by atoms with van der Waals surface area (Å²) in [4.78, 5) is 10.6. The molecule has 9 heteroatoms. The van der Waals surface area contributed by atoms with Crippen LogP contribution in [0, 0.1) is 6.92 Å². The fourth-order valence-electron chi connectivity index (χ4n) is 1.88. The molecule has 2 amide bonds. The van der Waals surface area contributed by atoms with Crippen LogP contribution < -0.4 is 20.1 Å². The van der Waals surface area contributed by atoms with E-state index < -0.39 is 16.1 Å². The molecule has 2 aromatic carbocycles. The van der Waals surface area contributed by atoms with E-state index in [1.54, 1.807) is 18.2 Å². The first-order valence-electron chi connectivity index (χ1n) is 7.09. The molecule has 0 spiro atoms. The molecule has 0 aliphatic rings. The highest BCUT2D eigenvalue weighted by atomic mass is 32.2. The number of urea groups is 1. The molecule has 0 radical (unpaired) electrons. The van der Waals surface area contributed by atoms with Crippen LogP contribution in [0.1, 0.15) is 11.1 Å². The van der Waals surface area contributed by atoms with Crippen LogP contribution in [0.5, 0.6) is 11.5 Å². The number of nitrogens with one attached hydrogen (secondary N) is 1. The Bertz CT molecular complexity index is 892. The van der Waals surface area contributed by atoms with E-state index in [0.29, 0.717) is 5.56 Å². The predicted octanol–water partition coefficient (Wildman–Crippen LogP) is 1.77. The molecule has 0 saturated carbocycles. The van der Waals surface area contributed by atoms with Crippen molar-refractivity contribution in [3.05, 3.63) is 53.6 Å². The van der Waals surface area contributed by atoms with Gasteiger partial charge in [-0.3, -0.25) is 0 Å². The van der Waals surface area contributed by atoms with Gasteiger partial charge in [-0.05, 0) is 42.8 Å². The van der Waals surface area contributed by atoms with Crippen molar-refractivity contribution in [2.75, 3.05) is 7.11 Å². The standard InChI is InChI=1S/C16H17N3O5S/c1-11-3-6-13(7-4-11)25(21,22)24-15-9-12(5-8-14(15)23-2)10-18-19-16(17)20/h3-10H,1-2H3,(H3,17,19,20)/b18-10+. The number of methoxy groups -OCH3 is 1. The second-order valence-electron chi connectivity index (χ2n) is 5.00. The van der Waals surface area contributed by atoms with Crippen LogP contribution in [0.15, 0.2) is 52.5 Å². The Morgan fingerprint density at radius 1 is 1.16 bits per heavy atom. The van der Waals surface area contributed by atoms with Gasteiger partial charge in [0.25, 0.3) is 0 Å². The number of carbonyl (C=O) groups is 1. The molecule has 0 aromatic heterocycles. The average molecular weight is 363 g/mol. The lowest BCUT2D eigenvalue weighted by molar-refractivity contribution is 0.249. The van der Waals surface area contributed by atoms with Gasteiger partial charge in [0.2, 0.25) is 0 Å². The minimum absolute atomic E-state index is 0.00824. The SMILES string of the molecule is COc1ccc(/C=N/NC(N)=O)cc1OS(=O)(=O)c1ccc(C)cc1. The molecule has 0 aliphatic carbocycles. The van der Waals surface area contributed by atoms with E-state index in [4.69, 9.17) is 14.7 Å². The molecule has 3 N–H and O–H groups in total. The minimum atomic E-state index is -4.03. The zero-order chi connectivity index (χ0) is 18.4. The Hall–Kier alpha value is -3.07. The van der Waals surface area contributed by atoms with E-state index in [1.165, 1.54) is 37.6 Å². The molecule has 0 fully saturated rings. The highest BCUT2D eigenvalue weighted by Crippen LogP contribution is 2.30. The van der Waals surface area contributed by atoms with Gasteiger partial charge in [0, 0.05) is 0 Å². The van der Waals surface area contributed by atoms with Crippen LogP contribution in [0.3, 0.4) is 0 Å². The summed E-state index contributed by atoms with van der Waals surface area (Å²) in [6, 6.07) is 9.98. The summed E-state index contributed by atoms with van der Waals surface area (Å²) < 4.78 is 35.1. The summed E-state index contributed by atoms with van der Waals surface area (Å²) in [6.45, 7) is 1.85. The van der Waals surface area contributed by atoms with Crippen molar-refractivity contribution in [2.45, 2.75) is 11.8 Å². The average Bonchev–Trinajstić information content (AvgIpc) is 2.55. The van der Waals surface area contributed by atoms with Crippen molar-refractivity contribution >= 4 is 22.4 Å². The number of aryl methyl sites for hydroxylation is 1. The molecular weight excluding hydrogens is 346 g/mol. The number of ether oxygens (including phenoxy) is 1. The third kappa shape index (κ3) is 4.95. The summed E-state index contributed by atoms with van der Waals surface area (Å²) in [5.41, 5.74) is 8.35. The molecule has 0 heterocycles. The summed E-state index contributed by atoms with van der Waals surface area (Å²) >= 11 is 0. The van der Waals surface area contributed by atoms with Crippen LogP contribution in [0.4, 0.5) is 4.79 Å². The van der Waals surface area contributed by atoms with Crippen molar-refractivity contribution in [1.29, 1.82) is 0 Å². The Balaban J connectivity index is 2.31. The van der Waals surface area contributed by atoms with Gasteiger partial charge in [-0.2, -0.15) is 13.5 Å². The molecular formula is C16H17N3O5S. The van der Waals surface area contributed by atoms with Crippen molar-refractivity contribution in [2.24, 2.45) is 10.8 Å². The highest BCUT2D eigenvalue weighted by molar-refractivity contribution is 7.87. The van der Waals surface area contributed by atoms with E-state index in [-0.39, 0.29) is 16.4 Å². The van der Waals surface area contributed by atoms with Gasteiger partial charge in [-0.15, -0.1) is 0 Å². The molecule has 0 bridgehead atoms. The van der Waals surface area contributed by atoms with Gasteiger partial charge in [0.15, 0.2) is 11.5 Å². The molecule has 8 nitrogen and oxygen atoms in total. The lowest BCUT2D eigenvalue weighted by Gasteiger charge is -2.11. The van der Waals surface area contributed by atoms with Gasteiger partial charge in [0.1, 0.15) is 4.90 Å². The minimum Gasteiger partial charge on any atom is -0.493 e. The van der Waals surface area contributed by atoms with Crippen LogP contribution >= 0.6 is 0 Å². The maximum absolute atomic E-state index is 12.4. The largest absolute Gasteiger partial charge is 0.493 e. The summed E-state index contributed by atoms with van der Waals surface area (Å²) in [5, 5.41) is 3.61. The zero-order valence-corrected chi connectivity index (χ0v) is 14.4. The fourth-order valence-corrected chi connectivity index (χ4v) is 2.81. The van der Waals surface area contributed by atoms with Crippen molar-refractivity contribution in [3.8, 4) is 11.5 Å². The lowest BCUT2D eigenvalue weighted by Crippen LogP contribution is -2.24. The molecule has 0 saturated heterocycles. The van der Waals surface area contributed by atoms with Crippen molar-refractivity contribution in [1.82, 2.24) is 5.43 Å². The Morgan fingerprint density at radius 3 is 2.44 bits per heavy atom. The number of hydrogen-bond acceptors (Lipinski definition) is 6. The number of benzene rings is 2. The van der Waals surface area contributed by atoms with Crippen LogP contribution in [0.2, 0.25) is 0 Å². The van der Waals surface area contributed by atoms with Crippen LogP contribution in [-0.4, -0.2) is 27.8 Å². The van der Waals surface area contributed by atoms with E-state index >= 15 is 0 Å². The third-order valence-electron chi connectivity index (χ3n) is 3.09. The summed E-state index contributed by atoms with van der Waals surface area (Å²) in [6.07, 6.45) is 1.29. The molecule has 2 aromatic rings. The number of rotatable bonds is 6. The number of hydrogen-bond donors (Lipinski definition) is 2. The van der Waals surface area contributed by atoms with Crippen molar-refractivity contribution < 1.29 is 22.1 Å². The first-order chi connectivity index (χ1) is 11.8. The second-order valence-corrected chi connectivity index (χ2v) is 6.54. The van der Waals surface area contributed by atoms with Gasteiger partial charge in [-0.1, -0.05) is 17.7 Å². The summed E-state index contributed by atoms with van der Waals surface area (Å²) in [5.74, 6) is 0.224. The quantitative estimate of drug-likeness (QED) is 0.460. The van der Waals surface area contributed by atoms with Crippen LogP contribution in [-0.2, 0) is 10.1 Å². The van der Waals surface area contributed by atoms with Gasteiger partial charge >= 0.3 is 16.1 Å².